The molecule has 3 rings (SSSR count). The van der Waals surface area contributed by atoms with E-state index in [1.807, 2.05) is 0 Å². The number of nitrogens with two attached hydrogens (primary N) is 1. The van der Waals surface area contributed by atoms with Crippen LogP contribution in [0.5, 0.6) is 5.75 Å². The highest BCUT2D eigenvalue weighted by molar-refractivity contribution is 7.10. The Morgan fingerprint density at radius 2 is 2.18 bits per heavy atom. The van der Waals surface area contributed by atoms with Gasteiger partial charge in [0.1, 0.15) is 5.75 Å². The molecule has 2 nitrogen and oxygen atoms in total. The standard InChI is InChI=1S/C14H15NOS/c15-9-13-11(6-8-17-13)12-5-1-3-10-4-2-7-16-14(10)12/h1,3,5-6,8H,2,4,7,9,15H2. The van der Waals surface area contributed by atoms with E-state index in [9.17, 15) is 0 Å². The molecule has 0 fully saturated rings. The number of thiophene rings is 1. The van der Waals surface area contributed by atoms with Crippen molar-refractivity contribution in [1.82, 2.24) is 0 Å². The summed E-state index contributed by atoms with van der Waals surface area (Å²) in [4.78, 5) is 1.23. The Labute approximate surface area is 105 Å². The second-order valence-electron chi connectivity index (χ2n) is 4.21. The van der Waals surface area contributed by atoms with E-state index in [-0.39, 0.29) is 0 Å². The van der Waals surface area contributed by atoms with Gasteiger partial charge < -0.3 is 10.5 Å². The molecular weight excluding hydrogens is 230 g/mol. The van der Waals surface area contributed by atoms with Crippen molar-refractivity contribution in [3.05, 3.63) is 40.1 Å². The lowest BCUT2D eigenvalue weighted by molar-refractivity contribution is 0.289. The summed E-state index contributed by atoms with van der Waals surface area (Å²) in [6, 6.07) is 8.54. The fraction of sp³-hybridized carbons (Fsp3) is 0.286. The van der Waals surface area contributed by atoms with E-state index in [0.29, 0.717) is 6.54 Å². The smallest absolute Gasteiger partial charge is 0.130 e. The molecular formula is C14H15NOS. The number of hydrogen-bond donors (Lipinski definition) is 1. The summed E-state index contributed by atoms with van der Waals surface area (Å²) >= 11 is 1.71. The summed E-state index contributed by atoms with van der Waals surface area (Å²) in [5.41, 5.74) is 9.53. The first-order valence-corrected chi connectivity index (χ1v) is 6.79. The van der Waals surface area contributed by atoms with Crippen molar-refractivity contribution in [1.29, 1.82) is 0 Å². The fourth-order valence-corrected chi connectivity index (χ4v) is 3.11. The molecule has 0 radical (unpaired) electrons. The van der Waals surface area contributed by atoms with E-state index in [2.05, 4.69) is 29.6 Å². The lowest BCUT2D eigenvalue weighted by atomic mass is 9.98. The maximum atomic E-state index is 5.84. The summed E-state index contributed by atoms with van der Waals surface area (Å²) in [5, 5.41) is 2.10. The van der Waals surface area contributed by atoms with Crippen molar-refractivity contribution in [2.45, 2.75) is 19.4 Å². The first kappa shape index (κ1) is 10.8. The van der Waals surface area contributed by atoms with Crippen LogP contribution in [0.3, 0.4) is 0 Å². The summed E-state index contributed by atoms with van der Waals surface area (Å²) in [6.07, 6.45) is 2.23. The van der Waals surface area contributed by atoms with Crippen LogP contribution in [0.4, 0.5) is 0 Å². The van der Waals surface area contributed by atoms with E-state index in [0.717, 1.165) is 25.2 Å². The van der Waals surface area contributed by atoms with Crippen LogP contribution in [-0.2, 0) is 13.0 Å². The molecule has 0 spiro atoms. The number of para-hydroxylation sites is 1. The summed E-state index contributed by atoms with van der Waals surface area (Å²) in [7, 11) is 0. The summed E-state index contributed by atoms with van der Waals surface area (Å²) in [6.45, 7) is 1.42. The van der Waals surface area contributed by atoms with Crippen LogP contribution >= 0.6 is 11.3 Å². The third kappa shape index (κ3) is 1.85. The molecule has 0 atom stereocenters. The number of rotatable bonds is 2. The maximum absolute atomic E-state index is 5.84. The Bertz CT molecular complexity index is 533. The van der Waals surface area contributed by atoms with Gasteiger partial charge in [-0.05, 0) is 29.9 Å². The monoisotopic (exact) mass is 245 g/mol. The van der Waals surface area contributed by atoms with Crippen LogP contribution in [0.15, 0.2) is 29.6 Å². The molecule has 2 aromatic rings. The van der Waals surface area contributed by atoms with Crippen molar-refractivity contribution in [2.75, 3.05) is 6.61 Å². The van der Waals surface area contributed by atoms with Gasteiger partial charge in [0.15, 0.2) is 0 Å². The predicted molar refractivity (Wildman–Crippen MR) is 71.5 cm³/mol. The SMILES string of the molecule is NCc1sccc1-c1cccc2c1OCCC2. The molecule has 2 heterocycles. The average molecular weight is 245 g/mol. The molecule has 1 aliphatic rings. The van der Waals surface area contributed by atoms with Crippen LogP contribution in [0.25, 0.3) is 11.1 Å². The molecule has 88 valence electrons. The molecule has 2 N–H and O–H groups in total. The Balaban J connectivity index is 2.14. The van der Waals surface area contributed by atoms with Crippen LogP contribution in [0.1, 0.15) is 16.9 Å². The van der Waals surface area contributed by atoms with E-state index in [1.54, 1.807) is 11.3 Å². The third-order valence-corrected chi connectivity index (χ3v) is 4.10. The van der Waals surface area contributed by atoms with Crippen LogP contribution in [0, 0.1) is 0 Å². The van der Waals surface area contributed by atoms with Gasteiger partial charge in [0, 0.05) is 22.5 Å². The van der Waals surface area contributed by atoms with Crippen molar-refractivity contribution in [3.8, 4) is 16.9 Å². The van der Waals surface area contributed by atoms with Gasteiger partial charge in [-0.15, -0.1) is 11.3 Å². The number of benzene rings is 1. The summed E-state index contributed by atoms with van der Waals surface area (Å²) < 4.78 is 5.84. The second kappa shape index (κ2) is 4.51. The Morgan fingerprint density at radius 3 is 3.06 bits per heavy atom. The van der Waals surface area contributed by atoms with Gasteiger partial charge in [-0.1, -0.05) is 18.2 Å². The molecule has 0 saturated carbocycles. The maximum Gasteiger partial charge on any atom is 0.130 e. The quantitative estimate of drug-likeness (QED) is 0.881. The zero-order valence-corrected chi connectivity index (χ0v) is 10.4. The molecule has 0 unspecified atom stereocenters. The van der Waals surface area contributed by atoms with Crippen molar-refractivity contribution >= 4 is 11.3 Å². The topological polar surface area (TPSA) is 35.2 Å². The number of ether oxygens (including phenoxy) is 1. The normalized spacial score (nSPS) is 14.2. The van der Waals surface area contributed by atoms with Crippen molar-refractivity contribution in [2.24, 2.45) is 5.73 Å². The van der Waals surface area contributed by atoms with E-state index < -0.39 is 0 Å². The minimum absolute atomic E-state index is 0.594. The van der Waals surface area contributed by atoms with Crippen LogP contribution in [0.2, 0.25) is 0 Å². The highest BCUT2D eigenvalue weighted by atomic mass is 32.1. The minimum atomic E-state index is 0.594. The molecule has 0 saturated heterocycles. The van der Waals surface area contributed by atoms with Gasteiger partial charge in [0.05, 0.1) is 6.61 Å². The number of hydrogen-bond acceptors (Lipinski definition) is 3. The van der Waals surface area contributed by atoms with E-state index in [1.165, 1.54) is 21.6 Å². The highest BCUT2D eigenvalue weighted by Crippen LogP contribution is 2.39. The molecule has 0 bridgehead atoms. The lowest BCUT2D eigenvalue weighted by Crippen LogP contribution is -2.09. The Morgan fingerprint density at radius 1 is 1.24 bits per heavy atom. The van der Waals surface area contributed by atoms with Crippen LogP contribution < -0.4 is 10.5 Å². The molecule has 0 aliphatic carbocycles. The molecule has 0 amide bonds. The first-order chi connectivity index (χ1) is 8.40. The van der Waals surface area contributed by atoms with E-state index in [4.69, 9.17) is 10.5 Å². The van der Waals surface area contributed by atoms with Crippen LogP contribution in [-0.4, -0.2) is 6.61 Å². The zero-order valence-electron chi connectivity index (χ0n) is 9.61. The van der Waals surface area contributed by atoms with Gasteiger partial charge >= 0.3 is 0 Å². The van der Waals surface area contributed by atoms with Crippen molar-refractivity contribution in [3.63, 3.8) is 0 Å². The van der Waals surface area contributed by atoms with Gasteiger partial charge in [0.2, 0.25) is 0 Å². The second-order valence-corrected chi connectivity index (χ2v) is 5.21. The zero-order chi connectivity index (χ0) is 11.7. The Kier molecular flexibility index (Phi) is 2.87. The molecule has 1 aromatic carbocycles. The lowest BCUT2D eigenvalue weighted by Gasteiger charge is -2.20. The molecule has 1 aromatic heterocycles. The number of aryl methyl sites for hydroxylation is 1. The average Bonchev–Trinajstić information content (AvgIpc) is 2.86. The van der Waals surface area contributed by atoms with E-state index >= 15 is 0 Å². The largest absolute Gasteiger partial charge is 0.493 e. The van der Waals surface area contributed by atoms with Gasteiger partial charge in [-0.3, -0.25) is 0 Å². The van der Waals surface area contributed by atoms with Gasteiger partial charge in [-0.25, -0.2) is 0 Å². The van der Waals surface area contributed by atoms with Gasteiger partial charge in [0.25, 0.3) is 0 Å². The highest BCUT2D eigenvalue weighted by Gasteiger charge is 2.17. The van der Waals surface area contributed by atoms with Gasteiger partial charge in [-0.2, -0.15) is 0 Å². The fourth-order valence-electron chi connectivity index (χ4n) is 2.34. The Hall–Kier alpha value is -1.32. The third-order valence-electron chi connectivity index (χ3n) is 3.15. The number of fused-ring (bicyclic) bond motifs is 1. The molecule has 17 heavy (non-hydrogen) atoms. The predicted octanol–water partition coefficient (Wildman–Crippen LogP) is 3.20. The molecule has 3 heteroatoms. The summed E-state index contributed by atoms with van der Waals surface area (Å²) in [5.74, 6) is 1.06. The van der Waals surface area contributed by atoms with Crippen molar-refractivity contribution < 1.29 is 4.74 Å². The molecule has 1 aliphatic heterocycles. The first-order valence-electron chi connectivity index (χ1n) is 5.91. The minimum Gasteiger partial charge on any atom is -0.493 e.